The molecule has 0 spiro atoms. The van der Waals surface area contributed by atoms with Crippen LogP contribution in [-0.2, 0) is 4.79 Å². The van der Waals surface area contributed by atoms with E-state index in [1.54, 1.807) is 0 Å². The van der Waals surface area contributed by atoms with E-state index in [2.05, 4.69) is 13.8 Å². The Labute approximate surface area is 68.6 Å². The Morgan fingerprint density at radius 1 is 1.64 bits per heavy atom. The van der Waals surface area contributed by atoms with Crippen LogP contribution >= 0.6 is 0 Å². The molecule has 1 unspecified atom stereocenters. The molecule has 0 aromatic carbocycles. The van der Waals surface area contributed by atoms with Crippen molar-refractivity contribution in [3.8, 4) is 0 Å². The summed E-state index contributed by atoms with van der Waals surface area (Å²) in [6.07, 6.45) is 3.19. The summed E-state index contributed by atoms with van der Waals surface area (Å²) in [4.78, 5) is 13.5. The van der Waals surface area contributed by atoms with E-state index in [0.29, 0.717) is 5.91 Å². The zero-order valence-corrected chi connectivity index (χ0v) is 7.68. The van der Waals surface area contributed by atoms with Gasteiger partial charge < -0.3 is 4.90 Å². The largest absolute Gasteiger partial charge is 0.345 e. The van der Waals surface area contributed by atoms with Crippen LogP contribution in [-0.4, -0.2) is 24.4 Å². The summed E-state index contributed by atoms with van der Waals surface area (Å²) in [5, 5.41) is 0. The van der Waals surface area contributed by atoms with Crippen LogP contribution in [0.2, 0.25) is 0 Å². The minimum Gasteiger partial charge on any atom is -0.345 e. The van der Waals surface area contributed by atoms with E-state index in [4.69, 9.17) is 0 Å². The summed E-state index contributed by atoms with van der Waals surface area (Å²) in [6.45, 7) is 5.11. The highest BCUT2D eigenvalue weighted by Crippen LogP contribution is 2.32. The number of carbonyl (C=O) groups is 1. The van der Waals surface area contributed by atoms with Gasteiger partial charge >= 0.3 is 0 Å². The fourth-order valence-electron chi connectivity index (χ4n) is 1.70. The van der Waals surface area contributed by atoms with Gasteiger partial charge in [0.15, 0.2) is 0 Å². The third-order valence-corrected chi connectivity index (χ3v) is 2.87. The number of nitrogens with zero attached hydrogens (tertiary/aromatic N) is 1. The predicted octanol–water partition coefficient (Wildman–Crippen LogP) is 1.65. The Balaban J connectivity index is 2.72. The summed E-state index contributed by atoms with van der Waals surface area (Å²) < 4.78 is 0. The molecule has 64 valence electrons. The molecule has 1 saturated heterocycles. The van der Waals surface area contributed by atoms with Gasteiger partial charge in [0.05, 0.1) is 0 Å². The van der Waals surface area contributed by atoms with Crippen molar-refractivity contribution in [1.29, 1.82) is 0 Å². The highest BCUT2D eigenvalue weighted by molar-refractivity contribution is 5.82. The van der Waals surface area contributed by atoms with Crippen molar-refractivity contribution in [2.24, 2.45) is 5.41 Å². The second kappa shape index (κ2) is 2.84. The summed E-state index contributed by atoms with van der Waals surface area (Å²) in [5.74, 6) is 0.325. The van der Waals surface area contributed by atoms with Gasteiger partial charge in [0.25, 0.3) is 0 Å². The molecule has 1 fully saturated rings. The van der Waals surface area contributed by atoms with Crippen LogP contribution in [0.4, 0.5) is 0 Å². The first-order valence-electron chi connectivity index (χ1n) is 4.36. The number of hydrogen-bond donors (Lipinski definition) is 0. The first-order chi connectivity index (χ1) is 5.10. The molecule has 2 heteroatoms. The van der Waals surface area contributed by atoms with E-state index in [-0.39, 0.29) is 5.41 Å². The van der Waals surface area contributed by atoms with E-state index >= 15 is 0 Å². The highest BCUT2D eigenvalue weighted by atomic mass is 16.2. The molecule has 0 radical (unpaired) electrons. The van der Waals surface area contributed by atoms with Gasteiger partial charge in [-0.1, -0.05) is 13.8 Å². The quantitative estimate of drug-likeness (QED) is 0.564. The molecule has 1 heterocycles. The van der Waals surface area contributed by atoms with Gasteiger partial charge in [-0.25, -0.2) is 0 Å². The van der Waals surface area contributed by atoms with Gasteiger partial charge in [0, 0.05) is 19.0 Å². The smallest absolute Gasteiger partial charge is 0.228 e. The van der Waals surface area contributed by atoms with Crippen molar-refractivity contribution in [3.05, 3.63) is 0 Å². The number of amides is 1. The lowest BCUT2D eigenvalue weighted by Crippen LogP contribution is -2.44. The van der Waals surface area contributed by atoms with Gasteiger partial charge in [-0.2, -0.15) is 0 Å². The summed E-state index contributed by atoms with van der Waals surface area (Å²) >= 11 is 0. The van der Waals surface area contributed by atoms with E-state index < -0.39 is 0 Å². The van der Waals surface area contributed by atoms with Gasteiger partial charge in [-0.05, 0) is 19.3 Å². The standard InChI is InChI=1S/C9H17NO/c1-4-9(2)6-5-7-10(3)8(9)11/h4-7H2,1-3H3. The number of rotatable bonds is 1. The molecule has 1 aliphatic rings. The zero-order chi connectivity index (χ0) is 8.48. The Morgan fingerprint density at radius 3 is 2.73 bits per heavy atom. The lowest BCUT2D eigenvalue weighted by atomic mass is 9.79. The second-order valence-electron chi connectivity index (χ2n) is 3.74. The van der Waals surface area contributed by atoms with E-state index in [9.17, 15) is 4.79 Å². The van der Waals surface area contributed by atoms with Crippen LogP contribution in [0.25, 0.3) is 0 Å². The molecule has 0 aromatic rings. The molecular weight excluding hydrogens is 138 g/mol. The lowest BCUT2D eigenvalue weighted by Gasteiger charge is -2.36. The molecule has 0 bridgehead atoms. The number of carbonyl (C=O) groups excluding carboxylic acids is 1. The van der Waals surface area contributed by atoms with Crippen LogP contribution in [0.5, 0.6) is 0 Å². The third-order valence-electron chi connectivity index (χ3n) is 2.87. The Hall–Kier alpha value is -0.530. The first-order valence-corrected chi connectivity index (χ1v) is 4.36. The normalized spacial score (nSPS) is 32.6. The molecule has 0 aliphatic carbocycles. The van der Waals surface area contributed by atoms with Crippen molar-refractivity contribution in [3.63, 3.8) is 0 Å². The van der Waals surface area contributed by atoms with E-state index in [0.717, 1.165) is 25.8 Å². The summed E-state index contributed by atoms with van der Waals surface area (Å²) in [5.41, 5.74) is -0.0625. The number of hydrogen-bond acceptors (Lipinski definition) is 1. The molecular formula is C9H17NO. The van der Waals surface area contributed by atoms with Crippen molar-refractivity contribution in [2.75, 3.05) is 13.6 Å². The fourth-order valence-corrected chi connectivity index (χ4v) is 1.70. The van der Waals surface area contributed by atoms with Crippen molar-refractivity contribution in [1.82, 2.24) is 4.90 Å². The van der Waals surface area contributed by atoms with E-state index in [1.165, 1.54) is 0 Å². The predicted molar refractivity (Wildman–Crippen MR) is 45.3 cm³/mol. The SMILES string of the molecule is CCC1(C)CCCN(C)C1=O. The second-order valence-corrected chi connectivity index (χ2v) is 3.74. The van der Waals surface area contributed by atoms with Gasteiger partial charge in [0.1, 0.15) is 0 Å². The minimum atomic E-state index is -0.0625. The zero-order valence-electron chi connectivity index (χ0n) is 7.68. The van der Waals surface area contributed by atoms with Gasteiger partial charge in [0.2, 0.25) is 5.91 Å². The third kappa shape index (κ3) is 1.39. The van der Waals surface area contributed by atoms with Crippen LogP contribution < -0.4 is 0 Å². The van der Waals surface area contributed by atoms with Crippen molar-refractivity contribution < 1.29 is 4.79 Å². The molecule has 1 amide bonds. The fraction of sp³-hybridized carbons (Fsp3) is 0.889. The van der Waals surface area contributed by atoms with Crippen LogP contribution in [0, 0.1) is 5.41 Å². The molecule has 0 saturated carbocycles. The van der Waals surface area contributed by atoms with Crippen LogP contribution in [0.15, 0.2) is 0 Å². The number of likely N-dealkylation sites (tertiary alicyclic amines) is 1. The van der Waals surface area contributed by atoms with Crippen LogP contribution in [0.1, 0.15) is 33.1 Å². The van der Waals surface area contributed by atoms with E-state index in [1.807, 2.05) is 11.9 Å². The van der Waals surface area contributed by atoms with Crippen LogP contribution in [0.3, 0.4) is 0 Å². The van der Waals surface area contributed by atoms with Gasteiger partial charge in [-0.3, -0.25) is 4.79 Å². The van der Waals surface area contributed by atoms with Crippen molar-refractivity contribution >= 4 is 5.91 Å². The molecule has 1 aliphatic heterocycles. The first kappa shape index (κ1) is 8.57. The average Bonchev–Trinajstić information content (AvgIpc) is 2.00. The maximum atomic E-state index is 11.6. The maximum Gasteiger partial charge on any atom is 0.228 e. The molecule has 0 aromatic heterocycles. The lowest BCUT2D eigenvalue weighted by molar-refractivity contribution is -0.143. The Morgan fingerprint density at radius 2 is 2.27 bits per heavy atom. The summed E-state index contributed by atoms with van der Waals surface area (Å²) in [6, 6.07) is 0. The maximum absolute atomic E-state index is 11.6. The molecule has 0 N–H and O–H groups in total. The Kier molecular flexibility index (Phi) is 2.21. The molecule has 1 atom stereocenters. The molecule has 1 rings (SSSR count). The molecule has 2 nitrogen and oxygen atoms in total. The summed E-state index contributed by atoms with van der Waals surface area (Å²) in [7, 11) is 1.90. The minimum absolute atomic E-state index is 0.0625. The average molecular weight is 155 g/mol. The molecule has 11 heavy (non-hydrogen) atoms. The van der Waals surface area contributed by atoms with Crippen molar-refractivity contribution in [2.45, 2.75) is 33.1 Å². The van der Waals surface area contributed by atoms with Gasteiger partial charge in [-0.15, -0.1) is 0 Å². The topological polar surface area (TPSA) is 20.3 Å². The highest BCUT2D eigenvalue weighted by Gasteiger charge is 2.36. The Bertz CT molecular complexity index is 167. The number of piperidine rings is 1. The monoisotopic (exact) mass is 155 g/mol.